The number of carbonyl (C=O) groups excluding carboxylic acids is 3. The number of carboxylic acids is 2. The van der Waals surface area contributed by atoms with E-state index in [0.717, 1.165) is 6.20 Å². The molecule has 0 radical (unpaired) electrons. The molecule has 0 aliphatic rings. The van der Waals surface area contributed by atoms with Crippen LogP contribution in [-0.4, -0.2) is 23.8 Å². The largest absolute Gasteiger partial charge is 1.00 e. The summed E-state index contributed by atoms with van der Waals surface area (Å²) < 4.78 is 0. The molecule has 0 spiro atoms. The Morgan fingerprint density at radius 2 is 1.65 bits per heavy atom. The van der Waals surface area contributed by atoms with Crippen LogP contribution in [0.25, 0.3) is 0 Å². The van der Waals surface area contributed by atoms with Crippen molar-refractivity contribution in [2.45, 2.75) is 26.3 Å². The fourth-order valence-corrected chi connectivity index (χ4v) is 0.704. The normalized spacial score (nSPS) is 11.5. The summed E-state index contributed by atoms with van der Waals surface area (Å²) in [5.74, 6) is -3.31. The predicted octanol–water partition coefficient (Wildman–Crippen LogP) is -8.66. The number of aliphatic carboxylic acids is 2. The molecule has 0 aromatic heterocycles. The molecule has 0 saturated carbocycles. The number of hydrogen-bond acceptors (Lipinski definition) is 6. The second-order valence-corrected chi connectivity index (χ2v) is 3.00. The van der Waals surface area contributed by atoms with Gasteiger partial charge in [0.05, 0.1) is 12.0 Å². The Labute approximate surface area is 184 Å². The van der Waals surface area contributed by atoms with Gasteiger partial charge in [0.2, 0.25) is 0 Å². The van der Waals surface area contributed by atoms with Crippen LogP contribution in [0.5, 0.6) is 0 Å². The van der Waals surface area contributed by atoms with Crippen molar-refractivity contribution in [1.29, 1.82) is 0 Å². The molecule has 0 heterocycles. The minimum atomic E-state index is -1.56. The summed E-state index contributed by atoms with van der Waals surface area (Å²) in [6, 6.07) is -1.40. The van der Waals surface area contributed by atoms with Crippen LogP contribution < -0.4 is 118 Å². The first-order valence-electron chi connectivity index (χ1n) is 4.19. The van der Waals surface area contributed by atoms with Gasteiger partial charge >= 0.3 is 103 Å². The van der Waals surface area contributed by atoms with Gasteiger partial charge in [-0.3, -0.25) is 4.79 Å². The number of allylic oxidation sites excluding steroid dienone is 1. The van der Waals surface area contributed by atoms with E-state index >= 15 is 0 Å². The summed E-state index contributed by atoms with van der Waals surface area (Å²) in [4.78, 5) is 31.3. The van der Waals surface area contributed by atoms with E-state index in [1.54, 1.807) is 0 Å². The van der Waals surface area contributed by atoms with Crippen LogP contribution in [-0.2, 0) is 14.4 Å². The van der Waals surface area contributed by atoms with Crippen LogP contribution in [0.3, 0.4) is 0 Å². The van der Waals surface area contributed by atoms with Crippen molar-refractivity contribution in [3.8, 4) is 0 Å². The van der Waals surface area contributed by atoms with Gasteiger partial charge in [-0.1, -0.05) is 0 Å². The molecule has 0 aliphatic heterocycles. The quantitative estimate of drug-likeness (QED) is 0.384. The number of hydrogen-bond donors (Lipinski definition) is 1. The van der Waals surface area contributed by atoms with Gasteiger partial charge < -0.3 is 25.1 Å². The second-order valence-electron chi connectivity index (χ2n) is 3.00. The molecular formula is C9H11K2NO5. The van der Waals surface area contributed by atoms with Gasteiger partial charge in [-0.2, -0.15) is 0 Å². The number of Topliss-reactive ketones (excluding diaryl/α,β-unsaturated/α-hetero) is 1. The maximum absolute atomic E-state index is 10.7. The summed E-state index contributed by atoms with van der Waals surface area (Å²) in [5.41, 5.74) is 0.291. The summed E-state index contributed by atoms with van der Waals surface area (Å²) in [7, 11) is 0. The molecule has 1 atom stereocenters. The fraction of sp³-hybridized carbons (Fsp3) is 0.444. The number of carboxylic acid groups (broad SMARTS) is 2. The predicted molar refractivity (Wildman–Crippen MR) is 46.0 cm³/mol. The van der Waals surface area contributed by atoms with Crippen LogP contribution in [0.4, 0.5) is 0 Å². The van der Waals surface area contributed by atoms with E-state index in [0.29, 0.717) is 5.57 Å². The number of rotatable bonds is 6. The van der Waals surface area contributed by atoms with Gasteiger partial charge in [0.1, 0.15) is 0 Å². The van der Waals surface area contributed by atoms with Crippen LogP contribution in [0.1, 0.15) is 20.3 Å². The molecule has 84 valence electrons. The molecule has 0 aromatic rings. The third kappa shape index (κ3) is 12.2. The van der Waals surface area contributed by atoms with Crippen molar-refractivity contribution in [3.63, 3.8) is 0 Å². The smallest absolute Gasteiger partial charge is 0.550 e. The Hall–Kier alpha value is 1.42. The minimum Gasteiger partial charge on any atom is -0.550 e. The Morgan fingerprint density at radius 1 is 1.18 bits per heavy atom. The van der Waals surface area contributed by atoms with Crippen molar-refractivity contribution in [3.05, 3.63) is 11.8 Å². The van der Waals surface area contributed by atoms with E-state index in [1.807, 2.05) is 0 Å². The molecule has 0 amide bonds. The van der Waals surface area contributed by atoms with Gasteiger partial charge in [-0.25, -0.2) is 0 Å². The fourth-order valence-electron chi connectivity index (χ4n) is 0.704. The van der Waals surface area contributed by atoms with Gasteiger partial charge in [-0.15, -0.1) is 0 Å². The SMILES string of the molecule is CC(=O)C(C)=CN[C@@H](CC(=O)[O-])C(=O)[O-].[K+].[K+]. The Balaban J connectivity index is -0.000000980. The van der Waals surface area contributed by atoms with Gasteiger partial charge in [-0.05, 0) is 13.8 Å². The van der Waals surface area contributed by atoms with E-state index in [2.05, 4.69) is 5.32 Å². The Morgan fingerprint density at radius 3 is 1.94 bits per heavy atom. The molecule has 17 heavy (non-hydrogen) atoms. The summed E-state index contributed by atoms with van der Waals surface area (Å²) >= 11 is 0. The van der Waals surface area contributed by atoms with Crippen LogP contribution >= 0.6 is 0 Å². The minimum absolute atomic E-state index is 0. The van der Waals surface area contributed by atoms with Crippen LogP contribution in [0.15, 0.2) is 11.8 Å². The summed E-state index contributed by atoms with van der Waals surface area (Å²) in [6.45, 7) is 2.78. The van der Waals surface area contributed by atoms with Crippen LogP contribution in [0, 0.1) is 0 Å². The number of ketones is 1. The first-order valence-corrected chi connectivity index (χ1v) is 4.19. The standard InChI is InChI=1S/C9H13NO5.2K/c1-5(6(2)11)4-10-7(9(14)15)3-8(12)13;;/h4,7,10H,3H2,1-2H3,(H,12,13)(H,14,15);;/q;2*+1/p-2/t7-;;/m0../s1. The molecule has 6 nitrogen and oxygen atoms in total. The van der Waals surface area contributed by atoms with Crippen molar-refractivity contribution in [2.24, 2.45) is 0 Å². The first-order chi connectivity index (χ1) is 6.84. The first kappa shape index (κ1) is 23.5. The van der Waals surface area contributed by atoms with Gasteiger partial charge in [0, 0.05) is 24.2 Å². The monoisotopic (exact) mass is 291 g/mol. The maximum Gasteiger partial charge on any atom is 1.00 e. The number of nitrogens with one attached hydrogen (secondary N) is 1. The maximum atomic E-state index is 10.7. The van der Waals surface area contributed by atoms with Crippen molar-refractivity contribution >= 4 is 17.7 Å². The third-order valence-corrected chi connectivity index (χ3v) is 1.71. The van der Waals surface area contributed by atoms with Crippen molar-refractivity contribution in [1.82, 2.24) is 5.32 Å². The molecule has 1 N–H and O–H groups in total. The molecular weight excluding hydrogens is 280 g/mol. The number of carbonyl (C=O) groups is 3. The molecule has 0 rings (SSSR count). The van der Waals surface area contributed by atoms with E-state index in [9.17, 15) is 24.6 Å². The van der Waals surface area contributed by atoms with Gasteiger partial charge in [0.15, 0.2) is 5.78 Å². The van der Waals surface area contributed by atoms with E-state index in [1.165, 1.54) is 13.8 Å². The Kier molecular flexibility index (Phi) is 17.2. The second kappa shape index (κ2) is 12.5. The Bertz CT molecular complexity index is 317. The average Bonchev–Trinajstić information content (AvgIpc) is 2.10. The zero-order valence-corrected chi connectivity index (χ0v) is 16.6. The topological polar surface area (TPSA) is 109 Å². The average molecular weight is 291 g/mol. The summed E-state index contributed by atoms with van der Waals surface area (Å²) in [6.07, 6.45) is 0.426. The van der Waals surface area contributed by atoms with E-state index in [-0.39, 0.29) is 109 Å². The molecule has 0 saturated heterocycles. The van der Waals surface area contributed by atoms with Crippen LogP contribution in [0.2, 0.25) is 0 Å². The molecule has 0 aliphatic carbocycles. The molecule has 0 bridgehead atoms. The van der Waals surface area contributed by atoms with Crippen molar-refractivity contribution in [2.75, 3.05) is 0 Å². The third-order valence-electron chi connectivity index (χ3n) is 1.71. The molecule has 8 heteroatoms. The van der Waals surface area contributed by atoms with Gasteiger partial charge in [0.25, 0.3) is 0 Å². The van der Waals surface area contributed by atoms with E-state index < -0.39 is 24.4 Å². The molecule has 0 aromatic carbocycles. The molecule has 0 unspecified atom stereocenters. The van der Waals surface area contributed by atoms with E-state index in [4.69, 9.17) is 0 Å². The zero-order chi connectivity index (χ0) is 12.0. The van der Waals surface area contributed by atoms with Crippen molar-refractivity contribution < 1.29 is 127 Å². The summed E-state index contributed by atoms with van der Waals surface area (Å²) in [5, 5.41) is 22.9. The molecule has 0 fully saturated rings. The zero-order valence-electron chi connectivity index (χ0n) is 10.4.